The summed E-state index contributed by atoms with van der Waals surface area (Å²) in [4.78, 5) is 0. The Morgan fingerprint density at radius 2 is 0.421 bits per heavy atom. The van der Waals surface area contributed by atoms with Gasteiger partial charge in [-0.15, -0.1) is 0 Å². The van der Waals surface area contributed by atoms with Crippen molar-refractivity contribution in [3.8, 4) is 0 Å². The molecule has 0 saturated heterocycles. The molecule has 0 atom stereocenters. The van der Waals surface area contributed by atoms with E-state index in [0.717, 1.165) is 0 Å². The Morgan fingerprint density at radius 3 is 0.605 bits per heavy atom. The maximum absolute atomic E-state index is 3.15. The molecule has 2 heteroatoms. The zero-order chi connectivity index (χ0) is 27.8. The average molecular weight is 754 g/mol. The number of hydrogen-bond acceptors (Lipinski definition) is 0. The van der Waals surface area contributed by atoms with Gasteiger partial charge in [-0.25, -0.2) is 0 Å². The van der Waals surface area contributed by atoms with E-state index in [-0.39, 0.29) is 0 Å². The summed E-state index contributed by atoms with van der Waals surface area (Å²) in [6.07, 6.45) is 44.7. The van der Waals surface area contributed by atoms with Crippen LogP contribution in [0.5, 0.6) is 0 Å². The SMILES string of the molecule is CCCCCCCCCCC[CH2][Sn]([I])([CH2]CCCCCCCCCCC)[CH2]CCCCCCCCCCC. The first-order valence-corrected chi connectivity index (χ1v) is 32.7. The van der Waals surface area contributed by atoms with Gasteiger partial charge in [0.1, 0.15) is 0 Å². The van der Waals surface area contributed by atoms with Crippen molar-refractivity contribution in [3.05, 3.63) is 0 Å². The van der Waals surface area contributed by atoms with Crippen molar-refractivity contribution in [1.82, 2.24) is 0 Å². The van der Waals surface area contributed by atoms with Crippen LogP contribution in [0, 0.1) is 0 Å². The fraction of sp³-hybridized carbons (Fsp3) is 1.00. The summed E-state index contributed by atoms with van der Waals surface area (Å²) in [6.45, 7) is 6.97. The van der Waals surface area contributed by atoms with Crippen molar-refractivity contribution in [1.29, 1.82) is 0 Å². The second kappa shape index (κ2) is 33.0. The predicted molar refractivity (Wildman–Crippen MR) is 190 cm³/mol. The fourth-order valence-electron chi connectivity index (χ4n) is 6.16. The fourth-order valence-corrected chi connectivity index (χ4v) is 23.5. The van der Waals surface area contributed by atoms with Gasteiger partial charge in [0.2, 0.25) is 0 Å². The third-order valence-corrected chi connectivity index (χ3v) is 30.5. The van der Waals surface area contributed by atoms with Crippen molar-refractivity contribution in [3.63, 3.8) is 0 Å². The molecule has 0 aromatic rings. The molecule has 0 aliphatic carbocycles. The molecule has 0 saturated carbocycles. The van der Waals surface area contributed by atoms with Crippen LogP contribution in [-0.4, -0.2) is 14.4 Å². The third-order valence-electron chi connectivity index (χ3n) is 8.94. The first-order chi connectivity index (χ1) is 18.7. The van der Waals surface area contributed by atoms with Crippen LogP contribution in [0.15, 0.2) is 0 Å². The first-order valence-electron chi connectivity index (χ1n) is 18.4. The molecule has 0 rings (SSSR count). The Labute approximate surface area is 257 Å². The Bertz CT molecular complexity index is 364. The van der Waals surface area contributed by atoms with Crippen LogP contribution < -0.4 is 0 Å². The minimum absolute atomic E-state index is 1.38. The van der Waals surface area contributed by atoms with Crippen LogP contribution >= 0.6 is 18.6 Å². The standard InChI is InChI=1S/3C12H25.HI.Sn/c3*1-3-5-7-9-11-12-10-8-6-4-2;;/h3*1,3-12H2,2H3;1H;/q;;;;+1/p-1. The number of rotatable bonds is 33. The number of hydrogen-bond donors (Lipinski definition) is 0. The van der Waals surface area contributed by atoms with Crippen LogP contribution in [0.25, 0.3) is 0 Å². The van der Waals surface area contributed by atoms with Crippen molar-refractivity contribution >= 4 is 33.0 Å². The van der Waals surface area contributed by atoms with E-state index in [9.17, 15) is 0 Å². The predicted octanol–water partition coefficient (Wildman–Crippen LogP) is 15.1. The summed E-state index contributed by atoms with van der Waals surface area (Å²) in [7, 11) is 0. The van der Waals surface area contributed by atoms with E-state index in [4.69, 9.17) is 0 Å². The van der Waals surface area contributed by atoms with Gasteiger partial charge in [0.25, 0.3) is 0 Å². The summed E-state index contributed by atoms with van der Waals surface area (Å²) >= 11 is 1.25. The molecule has 0 nitrogen and oxygen atoms in total. The molecule has 0 aliphatic heterocycles. The van der Waals surface area contributed by atoms with E-state index >= 15 is 0 Å². The number of unbranched alkanes of at least 4 members (excludes halogenated alkanes) is 27. The van der Waals surface area contributed by atoms with Crippen molar-refractivity contribution in [2.75, 3.05) is 0 Å². The summed E-state index contributed by atoms with van der Waals surface area (Å²) in [5, 5.41) is 0. The van der Waals surface area contributed by atoms with Gasteiger partial charge in [-0.2, -0.15) is 0 Å². The minimum atomic E-state index is -1.89. The molecule has 230 valence electrons. The van der Waals surface area contributed by atoms with E-state index < -0.39 is 14.4 Å². The first kappa shape index (κ1) is 39.5. The molecule has 0 amide bonds. The van der Waals surface area contributed by atoms with Crippen molar-refractivity contribution < 1.29 is 0 Å². The quantitative estimate of drug-likeness (QED) is 0.0356. The van der Waals surface area contributed by atoms with Crippen LogP contribution in [0.1, 0.15) is 213 Å². The van der Waals surface area contributed by atoms with Gasteiger partial charge in [0.15, 0.2) is 0 Å². The molecule has 0 aliphatic rings. The molecule has 0 unspecified atom stereocenters. The Balaban J connectivity index is 4.06. The second-order valence-corrected chi connectivity index (χ2v) is 39.1. The summed E-state index contributed by atoms with van der Waals surface area (Å²) in [5.41, 5.74) is 0. The van der Waals surface area contributed by atoms with Crippen molar-refractivity contribution in [2.45, 2.75) is 227 Å². The van der Waals surface area contributed by atoms with E-state index in [2.05, 4.69) is 39.4 Å². The van der Waals surface area contributed by atoms with Gasteiger partial charge < -0.3 is 0 Å². The van der Waals surface area contributed by atoms with Crippen LogP contribution in [-0.2, 0) is 0 Å². The van der Waals surface area contributed by atoms with Gasteiger partial charge in [-0.3, -0.25) is 0 Å². The molecule has 0 N–H and O–H groups in total. The molecular formula is C36H75ISn. The average Bonchev–Trinajstić information content (AvgIpc) is 2.92. The van der Waals surface area contributed by atoms with Gasteiger partial charge in [-0.1, -0.05) is 0 Å². The second-order valence-electron chi connectivity index (χ2n) is 12.9. The maximum atomic E-state index is 3.15. The molecule has 0 heterocycles. The zero-order valence-electron chi connectivity index (χ0n) is 27.2. The zero-order valence-corrected chi connectivity index (χ0v) is 32.2. The Hall–Kier alpha value is 1.53. The van der Waals surface area contributed by atoms with Crippen LogP contribution in [0.4, 0.5) is 0 Å². The van der Waals surface area contributed by atoms with Crippen molar-refractivity contribution in [2.24, 2.45) is 0 Å². The van der Waals surface area contributed by atoms with E-state index in [0.29, 0.717) is 0 Å². The van der Waals surface area contributed by atoms with E-state index in [1.807, 2.05) is 0 Å². The van der Waals surface area contributed by atoms with Gasteiger partial charge in [-0.05, 0) is 0 Å². The Kier molecular flexibility index (Phi) is 34.4. The number of halogens is 1. The summed E-state index contributed by atoms with van der Waals surface area (Å²) < 4.78 is 5.09. The molecule has 0 aromatic carbocycles. The molecule has 0 spiro atoms. The summed E-state index contributed by atoms with van der Waals surface area (Å²) in [6, 6.07) is 0. The molecule has 0 aromatic heterocycles. The molecular weight excluding hydrogens is 678 g/mol. The molecule has 38 heavy (non-hydrogen) atoms. The van der Waals surface area contributed by atoms with Crippen LogP contribution in [0.3, 0.4) is 0 Å². The van der Waals surface area contributed by atoms with Gasteiger partial charge >= 0.3 is 260 Å². The van der Waals surface area contributed by atoms with E-state index in [1.165, 1.54) is 173 Å². The van der Waals surface area contributed by atoms with Gasteiger partial charge in [0.05, 0.1) is 0 Å². The topological polar surface area (TPSA) is 0 Å². The molecule has 0 radical (unpaired) electrons. The monoisotopic (exact) mass is 754 g/mol. The molecule has 0 fully saturated rings. The summed E-state index contributed by atoms with van der Waals surface area (Å²) in [5.74, 6) is 0. The van der Waals surface area contributed by atoms with Crippen LogP contribution in [0.2, 0.25) is 13.3 Å². The Morgan fingerprint density at radius 1 is 0.263 bits per heavy atom. The molecule has 0 bridgehead atoms. The normalized spacial score (nSPS) is 12.0. The third kappa shape index (κ3) is 30.5. The van der Waals surface area contributed by atoms with E-state index in [1.54, 1.807) is 32.6 Å². The van der Waals surface area contributed by atoms with Gasteiger partial charge in [0, 0.05) is 0 Å².